The van der Waals surface area contributed by atoms with Crippen LogP contribution in [0.3, 0.4) is 0 Å². The molecule has 186 valence electrons. The summed E-state index contributed by atoms with van der Waals surface area (Å²) in [6.07, 6.45) is 2.56. The van der Waals surface area contributed by atoms with Crippen LogP contribution in [0.15, 0.2) is 36.4 Å². The second kappa shape index (κ2) is 10.7. The fraction of sp³-hybridized carbons (Fsp3) is 0.480. The molecule has 1 aliphatic rings. The molecule has 3 rings (SSSR count). The van der Waals surface area contributed by atoms with Crippen molar-refractivity contribution < 1.29 is 31.6 Å². The Balaban J connectivity index is 1.80. The molecule has 2 aromatic carbocycles. The number of carbonyl (C=O) groups excluding carboxylic acids is 1. The summed E-state index contributed by atoms with van der Waals surface area (Å²) in [5.74, 6) is 1.36. The number of rotatable bonds is 9. The topological polar surface area (TPSA) is 91.4 Å². The van der Waals surface area contributed by atoms with Crippen molar-refractivity contribution in [3.63, 3.8) is 0 Å². The average Bonchev–Trinajstić information content (AvgIpc) is 3.19. The van der Waals surface area contributed by atoms with Crippen molar-refractivity contribution in [3.05, 3.63) is 47.5 Å². The molecule has 0 bridgehead atoms. The van der Waals surface area contributed by atoms with Crippen LogP contribution in [0.4, 0.5) is 4.79 Å². The monoisotopic (exact) mass is 491 g/mol. The smallest absolute Gasteiger partial charge is 0.410 e. The van der Waals surface area contributed by atoms with Crippen molar-refractivity contribution >= 4 is 16.2 Å². The summed E-state index contributed by atoms with van der Waals surface area (Å²) >= 11 is 0. The van der Waals surface area contributed by atoms with Crippen LogP contribution in [0.2, 0.25) is 0 Å². The van der Waals surface area contributed by atoms with E-state index in [0.717, 1.165) is 34.9 Å². The Morgan fingerprint density at radius 1 is 1.03 bits per heavy atom. The van der Waals surface area contributed by atoms with E-state index in [4.69, 9.17) is 18.4 Å². The average molecular weight is 492 g/mol. The van der Waals surface area contributed by atoms with Crippen molar-refractivity contribution in [1.29, 1.82) is 0 Å². The molecule has 0 saturated heterocycles. The molecule has 0 radical (unpaired) electrons. The fourth-order valence-corrected chi connectivity index (χ4v) is 4.07. The van der Waals surface area contributed by atoms with Crippen LogP contribution >= 0.6 is 0 Å². The molecule has 34 heavy (non-hydrogen) atoms. The Labute approximate surface area is 201 Å². The summed E-state index contributed by atoms with van der Waals surface area (Å²) in [7, 11) is -1.78. The number of aryl methyl sites for hydroxylation is 1. The molecule has 0 atom stereocenters. The number of benzene rings is 2. The normalized spacial score (nSPS) is 13.1. The first-order chi connectivity index (χ1) is 15.9. The minimum absolute atomic E-state index is 0.0659. The highest BCUT2D eigenvalue weighted by molar-refractivity contribution is 7.85. The van der Waals surface area contributed by atoms with Crippen LogP contribution < -0.4 is 9.47 Å². The third-order valence-electron chi connectivity index (χ3n) is 5.22. The molecule has 0 N–H and O–H groups in total. The Morgan fingerprint density at radius 3 is 2.38 bits per heavy atom. The van der Waals surface area contributed by atoms with E-state index in [2.05, 4.69) is 0 Å². The van der Waals surface area contributed by atoms with E-state index in [1.54, 1.807) is 11.9 Å². The molecule has 1 heterocycles. The van der Waals surface area contributed by atoms with Gasteiger partial charge in [-0.05, 0) is 74.4 Å². The van der Waals surface area contributed by atoms with Crippen molar-refractivity contribution in [2.24, 2.45) is 0 Å². The van der Waals surface area contributed by atoms with Crippen LogP contribution in [0.1, 0.15) is 38.3 Å². The lowest BCUT2D eigenvalue weighted by Crippen LogP contribution is -2.34. The molecule has 8 nitrogen and oxygen atoms in total. The third-order valence-corrected chi connectivity index (χ3v) is 5.81. The number of hydrogen-bond donors (Lipinski definition) is 0. The van der Waals surface area contributed by atoms with Crippen LogP contribution in [-0.2, 0) is 31.9 Å². The van der Waals surface area contributed by atoms with Gasteiger partial charge in [0.2, 0.25) is 6.79 Å². The molecule has 0 saturated carbocycles. The molecule has 0 spiro atoms. The maximum absolute atomic E-state index is 12.3. The number of hydrogen-bond acceptors (Lipinski definition) is 7. The summed E-state index contributed by atoms with van der Waals surface area (Å²) in [5, 5.41) is 0. The van der Waals surface area contributed by atoms with Gasteiger partial charge in [0.05, 0.1) is 12.9 Å². The van der Waals surface area contributed by atoms with Gasteiger partial charge in [0.1, 0.15) is 5.60 Å². The second-order valence-electron chi connectivity index (χ2n) is 9.30. The lowest BCUT2D eigenvalue weighted by Gasteiger charge is -2.24. The highest BCUT2D eigenvalue weighted by Gasteiger charge is 2.21. The van der Waals surface area contributed by atoms with E-state index in [9.17, 15) is 13.2 Å². The van der Waals surface area contributed by atoms with Crippen LogP contribution in [-0.4, -0.2) is 58.3 Å². The molecule has 0 unspecified atom stereocenters. The summed E-state index contributed by atoms with van der Waals surface area (Å²) < 4.78 is 44.3. The summed E-state index contributed by atoms with van der Waals surface area (Å²) in [6.45, 7) is 6.30. The number of ether oxygens (including phenoxy) is 3. The third kappa shape index (κ3) is 7.36. The maximum Gasteiger partial charge on any atom is 0.410 e. The first-order valence-corrected chi connectivity index (χ1v) is 13.0. The van der Waals surface area contributed by atoms with E-state index in [1.807, 2.05) is 57.2 Å². The predicted octanol–water partition coefficient (Wildman–Crippen LogP) is 4.40. The Hall–Kier alpha value is -2.78. The van der Waals surface area contributed by atoms with E-state index in [1.165, 1.54) is 0 Å². The van der Waals surface area contributed by atoms with Crippen LogP contribution in [0.25, 0.3) is 11.1 Å². The van der Waals surface area contributed by atoms with Crippen molar-refractivity contribution in [3.8, 4) is 22.6 Å². The molecular weight excluding hydrogens is 458 g/mol. The molecular formula is C25H33NO7S. The molecule has 0 aromatic heterocycles. The van der Waals surface area contributed by atoms with E-state index < -0.39 is 15.7 Å². The minimum Gasteiger partial charge on any atom is -0.454 e. The van der Waals surface area contributed by atoms with Crippen LogP contribution in [0, 0.1) is 0 Å². The number of carbonyl (C=O) groups is 1. The highest BCUT2D eigenvalue weighted by Crippen LogP contribution is 2.40. The molecule has 9 heteroatoms. The first kappa shape index (κ1) is 25.8. The molecule has 0 aliphatic carbocycles. The van der Waals surface area contributed by atoms with Gasteiger partial charge in [0, 0.05) is 13.6 Å². The quantitative estimate of drug-likeness (QED) is 0.480. The van der Waals surface area contributed by atoms with E-state index in [-0.39, 0.29) is 19.5 Å². The van der Waals surface area contributed by atoms with E-state index >= 15 is 0 Å². The summed E-state index contributed by atoms with van der Waals surface area (Å²) in [5.41, 5.74) is 3.45. The van der Waals surface area contributed by atoms with Gasteiger partial charge in [0.25, 0.3) is 10.1 Å². The van der Waals surface area contributed by atoms with Crippen molar-refractivity contribution in [2.75, 3.05) is 33.2 Å². The zero-order chi connectivity index (χ0) is 24.9. The van der Waals surface area contributed by atoms with Crippen molar-refractivity contribution in [2.45, 2.75) is 45.6 Å². The first-order valence-electron chi connectivity index (χ1n) is 11.2. The van der Waals surface area contributed by atoms with Gasteiger partial charge in [-0.15, -0.1) is 0 Å². The van der Waals surface area contributed by atoms with Gasteiger partial charge in [-0.3, -0.25) is 4.18 Å². The van der Waals surface area contributed by atoms with E-state index in [0.29, 0.717) is 30.9 Å². The largest absolute Gasteiger partial charge is 0.454 e. The number of amides is 1. The summed E-state index contributed by atoms with van der Waals surface area (Å²) in [4.78, 5) is 13.8. The number of fused-ring (bicyclic) bond motifs is 1. The van der Waals surface area contributed by atoms with Crippen molar-refractivity contribution in [1.82, 2.24) is 4.90 Å². The van der Waals surface area contributed by atoms with Gasteiger partial charge in [-0.25, -0.2) is 4.79 Å². The van der Waals surface area contributed by atoms with Crippen LogP contribution in [0.5, 0.6) is 11.5 Å². The van der Waals surface area contributed by atoms with Gasteiger partial charge < -0.3 is 19.1 Å². The lowest BCUT2D eigenvalue weighted by atomic mass is 9.91. The molecule has 1 aliphatic heterocycles. The predicted molar refractivity (Wildman–Crippen MR) is 130 cm³/mol. The molecule has 0 fully saturated rings. The molecule has 2 aromatic rings. The van der Waals surface area contributed by atoms with Gasteiger partial charge in [-0.1, -0.05) is 24.3 Å². The van der Waals surface area contributed by atoms with Gasteiger partial charge >= 0.3 is 6.09 Å². The Morgan fingerprint density at radius 2 is 1.71 bits per heavy atom. The Bertz CT molecular complexity index is 1120. The maximum atomic E-state index is 12.3. The zero-order valence-corrected chi connectivity index (χ0v) is 21.2. The number of nitrogens with zero attached hydrogens (tertiary/aromatic N) is 1. The molecule has 1 amide bonds. The fourth-order valence-electron chi connectivity index (χ4n) is 3.68. The summed E-state index contributed by atoms with van der Waals surface area (Å²) in [6, 6.07) is 11.8. The second-order valence-corrected chi connectivity index (χ2v) is 10.9. The standard InChI is InChI=1S/C25H33NO7S/c1-25(2,3)33-24(27)26(4)13-8-10-19-15-22-23(31-17-30-22)16-21(19)20-11-7-6-9-18(20)12-14-32-34(5,28)29/h6-7,9,11,15-16H,8,10,12-14,17H2,1-5H3. The highest BCUT2D eigenvalue weighted by atomic mass is 32.2. The Kier molecular flexibility index (Phi) is 8.09. The SMILES string of the molecule is CN(CCCc1cc2c(cc1-c1ccccc1CCOS(C)(=O)=O)OCO2)C(=O)OC(C)(C)C. The lowest BCUT2D eigenvalue weighted by molar-refractivity contribution is 0.0297. The van der Waals surface area contributed by atoms with Gasteiger partial charge in [-0.2, -0.15) is 8.42 Å². The van der Waals surface area contributed by atoms with Gasteiger partial charge in [0.15, 0.2) is 11.5 Å². The minimum atomic E-state index is -3.51. The zero-order valence-electron chi connectivity index (χ0n) is 20.4.